The van der Waals surface area contributed by atoms with Crippen molar-refractivity contribution in [2.24, 2.45) is 5.92 Å². The van der Waals surface area contributed by atoms with Crippen LogP contribution in [-0.4, -0.2) is 23.8 Å². The number of carbonyl (C=O) groups is 1. The summed E-state index contributed by atoms with van der Waals surface area (Å²) in [4.78, 5) is 13.0. The zero-order valence-electron chi connectivity index (χ0n) is 23.2. The molecule has 190 valence electrons. The van der Waals surface area contributed by atoms with Crippen LogP contribution < -0.4 is 0 Å². The Bertz CT molecular complexity index is 820. The second-order valence-corrected chi connectivity index (χ2v) is 8.76. The molecule has 0 heterocycles. The number of halogens is 1. The SMILES string of the molecule is C=C(C)Cc1ccc(C)cc1.C=C(C)N(CCC)CC(C)C.CC.CC(=O)c1ccc(F)cc1. The van der Waals surface area contributed by atoms with Crippen molar-refractivity contribution >= 4 is 5.78 Å². The van der Waals surface area contributed by atoms with Crippen molar-refractivity contribution in [3.8, 4) is 0 Å². The highest BCUT2D eigenvalue weighted by atomic mass is 19.1. The number of nitrogens with zero attached hydrogens (tertiary/aromatic N) is 1. The quantitative estimate of drug-likeness (QED) is 0.284. The van der Waals surface area contributed by atoms with E-state index in [0.29, 0.717) is 5.56 Å². The molecule has 2 nitrogen and oxygen atoms in total. The lowest BCUT2D eigenvalue weighted by atomic mass is 10.1. The third-order valence-corrected chi connectivity index (χ3v) is 4.50. The highest BCUT2D eigenvalue weighted by Gasteiger charge is 2.04. The number of carbonyl (C=O) groups excluding carboxylic acids is 1. The van der Waals surface area contributed by atoms with Crippen molar-refractivity contribution in [3.63, 3.8) is 0 Å². The van der Waals surface area contributed by atoms with Gasteiger partial charge in [-0.3, -0.25) is 4.79 Å². The molecule has 2 aromatic carbocycles. The number of hydrogen-bond donors (Lipinski definition) is 0. The molecule has 0 spiro atoms. The van der Waals surface area contributed by atoms with Gasteiger partial charge < -0.3 is 4.90 Å². The van der Waals surface area contributed by atoms with E-state index >= 15 is 0 Å². The lowest BCUT2D eigenvalue weighted by molar-refractivity contribution is 0.101. The van der Waals surface area contributed by atoms with Crippen LogP contribution in [0.5, 0.6) is 0 Å². The summed E-state index contributed by atoms with van der Waals surface area (Å²) in [7, 11) is 0. The molecule has 2 rings (SSSR count). The first-order valence-electron chi connectivity index (χ1n) is 12.3. The zero-order valence-corrected chi connectivity index (χ0v) is 23.2. The average Bonchev–Trinajstić information content (AvgIpc) is 2.77. The molecular formula is C31H48FNO. The minimum Gasteiger partial charge on any atom is -0.375 e. The van der Waals surface area contributed by atoms with Gasteiger partial charge in [0.25, 0.3) is 0 Å². The Balaban J connectivity index is 0. The number of ketones is 1. The van der Waals surface area contributed by atoms with Gasteiger partial charge in [0.05, 0.1) is 0 Å². The van der Waals surface area contributed by atoms with Crippen LogP contribution in [0.4, 0.5) is 4.39 Å². The van der Waals surface area contributed by atoms with E-state index in [1.54, 1.807) is 0 Å². The maximum absolute atomic E-state index is 12.2. The van der Waals surface area contributed by atoms with Gasteiger partial charge in [0.1, 0.15) is 5.82 Å². The van der Waals surface area contributed by atoms with Crippen molar-refractivity contribution in [2.45, 2.75) is 75.2 Å². The zero-order chi connectivity index (χ0) is 26.7. The van der Waals surface area contributed by atoms with Crippen molar-refractivity contribution in [2.75, 3.05) is 13.1 Å². The Morgan fingerprint density at radius 2 is 1.44 bits per heavy atom. The molecule has 0 bridgehead atoms. The Morgan fingerprint density at radius 3 is 1.79 bits per heavy atom. The molecule has 0 aliphatic rings. The first-order chi connectivity index (χ1) is 16.0. The number of rotatable bonds is 8. The molecule has 0 saturated carbocycles. The number of aryl methyl sites for hydroxylation is 1. The monoisotopic (exact) mass is 469 g/mol. The van der Waals surface area contributed by atoms with E-state index in [9.17, 15) is 9.18 Å². The second-order valence-electron chi connectivity index (χ2n) is 8.76. The Labute approximate surface area is 209 Å². The van der Waals surface area contributed by atoms with Gasteiger partial charge in [0.15, 0.2) is 5.78 Å². The van der Waals surface area contributed by atoms with Gasteiger partial charge in [-0.25, -0.2) is 4.39 Å². The average molecular weight is 470 g/mol. The molecule has 3 heteroatoms. The third kappa shape index (κ3) is 17.8. The molecule has 0 radical (unpaired) electrons. The predicted octanol–water partition coefficient (Wildman–Crippen LogP) is 9.06. The summed E-state index contributed by atoms with van der Waals surface area (Å²) in [6, 6.07) is 14.1. The van der Waals surface area contributed by atoms with E-state index in [4.69, 9.17) is 0 Å². The van der Waals surface area contributed by atoms with Gasteiger partial charge in [0, 0.05) is 24.4 Å². The molecule has 34 heavy (non-hydrogen) atoms. The van der Waals surface area contributed by atoms with Gasteiger partial charge in [-0.05, 0) is 76.3 Å². The smallest absolute Gasteiger partial charge is 0.159 e. The van der Waals surface area contributed by atoms with Crippen molar-refractivity contribution in [3.05, 3.63) is 95.5 Å². The summed E-state index contributed by atoms with van der Waals surface area (Å²) in [5.41, 5.74) is 5.62. The summed E-state index contributed by atoms with van der Waals surface area (Å²) in [5.74, 6) is 0.378. The molecule has 0 unspecified atom stereocenters. The van der Waals surface area contributed by atoms with E-state index in [-0.39, 0.29) is 11.6 Å². The second kappa shape index (κ2) is 19.8. The fraction of sp³-hybridized carbons (Fsp3) is 0.452. The van der Waals surface area contributed by atoms with Crippen molar-refractivity contribution in [1.29, 1.82) is 0 Å². The molecule has 0 aromatic heterocycles. The standard InChI is InChI=1S/C11H14.C10H21N.C8H7FO.C2H6/c1-9(2)8-11-6-4-10(3)5-7-11;1-6-7-11(10(4)5)8-9(2)3;1-6(10)7-2-4-8(9)5-3-7;1-2/h4-7H,1,8H2,2-3H3;9H,4,6-8H2,1-3,5H3;2-5H,1H3;1-2H3. The molecule has 0 aliphatic carbocycles. The number of Topliss-reactive ketones (excluding diaryl/α,β-unsaturated/α-hetero) is 1. The first-order valence-corrected chi connectivity index (χ1v) is 12.3. The number of benzene rings is 2. The van der Waals surface area contributed by atoms with Crippen molar-refractivity contribution < 1.29 is 9.18 Å². The number of hydrogen-bond acceptors (Lipinski definition) is 2. The summed E-state index contributed by atoms with van der Waals surface area (Å²) in [6.45, 7) is 28.5. The maximum atomic E-state index is 12.2. The van der Waals surface area contributed by atoms with Crippen LogP contribution >= 0.6 is 0 Å². The Morgan fingerprint density at radius 1 is 0.941 bits per heavy atom. The topological polar surface area (TPSA) is 20.3 Å². The summed E-state index contributed by atoms with van der Waals surface area (Å²) < 4.78 is 12.2. The minimum atomic E-state index is -0.315. The Kier molecular flexibility index (Phi) is 19.5. The van der Waals surface area contributed by atoms with E-state index in [1.807, 2.05) is 13.8 Å². The molecule has 2 aromatic rings. The summed E-state index contributed by atoms with van der Waals surface area (Å²) in [6.07, 6.45) is 2.21. The van der Waals surface area contributed by atoms with Crippen LogP contribution in [0.2, 0.25) is 0 Å². The minimum absolute atomic E-state index is 0.0417. The van der Waals surface area contributed by atoms with E-state index < -0.39 is 0 Å². The fourth-order valence-corrected chi connectivity index (χ4v) is 2.89. The van der Waals surface area contributed by atoms with E-state index in [2.05, 4.69) is 83.9 Å². The third-order valence-electron chi connectivity index (χ3n) is 4.50. The van der Waals surface area contributed by atoms with Gasteiger partial charge in [0.2, 0.25) is 0 Å². The lowest BCUT2D eigenvalue weighted by Gasteiger charge is -2.25. The van der Waals surface area contributed by atoms with Crippen LogP contribution in [-0.2, 0) is 6.42 Å². The molecule has 0 amide bonds. The summed E-state index contributed by atoms with van der Waals surface area (Å²) in [5, 5.41) is 0. The molecule has 0 aliphatic heterocycles. The van der Waals surface area contributed by atoms with Gasteiger partial charge >= 0.3 is 0 Å². The Hall–Kier alpha value is -2.68. The molecular weight excluding hydrogens is 421 g/mol. The highest BCUT2D eigenvalue weighted by Crippen LogP contribution is 2.07. The summed E-state index contributed by atoms with van der Waals surface area (Å²) >= 11 is 0. The van der Waals surface area contributed by atoms with Crippen LogP contribution in [0.3, 0.4) is 0 Å². The van der Waals surface area contributed by atoms with Crippen LogP contribution in [0.25, 0.3) is 0 Å². The largest absolute Gasteiger partial charge is 0.375 e. The van der Waals surface area contributed by atoms with E-state index in [1.165, 1.54) is 60.0 Å². The molecule has 0 N–H and O–H groups in total. The van der Waals surface area contributed by atoms with Gasteiger partial charge in [-0.2, -0.15) is 0 Å². The van der Waals surface area contributed by atoms with Gasteiger partial charge in [-0.15, -0.1) is 0 Å². The first kappa shape index (κ1) is 33.5. The van der Waals surface area contributed by atoms with Crippen molar-refractivity contribution in [1.82, 2.24) is 4.90 Å². The molecule has 0 saturated heterocycles. The molecule has 0 fully saturated rings. The highest BCUT2D eigenvalue weighted by molar-refractivity contribution is 5.93. The number of allylic oxidation sites excluding steroid dienone is 2. The van der Waals surface area contributed by atoms with Crippen LogP contribution in [0.15, 0.2) is 73.0 Å². The predicted molar refractivity (Wildman–Crippen MR) is 149 cm³/mol. The van der Waals surface area contributed by atoms with Crippen LogP contribution in [0, 0.1) is 18.7 Å². The normalized spacial score (nSPS) is 9.38. The lowest BCUT2D eigenvalue weighted by Crippen LogP contribution is -2.26. The van der Waals surface area contributed by atoms with E-state index in [0.717, 1.165) is 25.4 Å². The maximum Gasteiger partial charge on any atom is 0.159 e. The fourth-order valence-electron chi connectivity index (χ4n) is 2.89. The van der Waals surface area contributed by atoms with Gasteiger partial charge in [-0.1, -0.05) is 83.2 Å². The van der Waals surface area contributed by atoms with Crippen LogP contribution in [0.1, 0.15) is 83.3 Å². The molecule has 0 atom stereocenters.